The van der Waals surface area contributed by atoms with E-state index in [4.69, 9.17) is 9.47 Å². The molecule has 0 aliphatic rings. The zero-order valence-corrected chi connectivity index (χ0v) is 34.8. The smallest absolute Gasteiger partial charge is 0.500 e. The van der Waals surface area contributed by atoms with Gasteiger partial charge in [0.15, 0.2) is 0 Å². The fourth-order valence-electron chi connectivity index (χ4n) is 5.66. The van der Waals surface area contributed by atoms with Gasteiger partial charge in [-0.1, -0.05) is 84.9 Å². The topological polar surface area (TPSA) is 98.2 Å². The number of pyridine rings is 4. The Morgan fingerprint density at radius 1 is 0.429 bits per heavy atom. The van der Waals surface area contributed by atoms with Gasteiger partial charge < -0.3 is 39.4 Å². The predicted octanol–water partition coefficient (Wildman–Crippen LogP) is 9.80. The van der Waals surface area contributed by atoms with Crippen molar-refractivity contribution in [3.8, 4) is 34.3 Å². The molecule has 10 rings (SSSR count). The van der Waals surface area contributed by atoms with Crippen LogP contribution in [0.5, 0.6) is 11.8 Å². The molecule has 0 spiro atoms. The molecule has 0 unspecified atom stereocenters. The fourth-order valence-corrected chi connectivity index (χ4v) is 5.66. The summed E-state index contributed by atoms with van der Waals surface area (Å²) in [4.78, 5) is 25.9. The summed E-state index contributed by atoms with van der Waals surface area (Å²) in [5.74, 6) is 1.20. The average molecular weight is 1090 g/mol. The number of para-hydroxylation sites is 2. The van der Waals surface area contributed by atoms with Gasteiger partial charge in [0.2, 0.25) is 0 Å². The van der Waals surface area contributed by atoms with Crippen LogP contribution in [0.1, 0.15) is 0 Å². The van der Waals surface area contributed by atoms with E-state index in [1.165, 1.54) is 0 Å². The number of rotatable bonds is 4. The summed E-state index contributed by atoms with van der Waals surface area (Å²) in [6.07, 6.45) is 3.58. The van der Waals surface area contributed by atoms with Crippen molar-refractivity contribution in [2.45, 2.75) is 0 Å². The Kier molecular flexibility index (Phi) is 15.2. The van der Waals surface area contributed by atoms with Crippen LogP contribution in [0.2, 0.25) is 0 Å². The molecule has 0 radical (unpaired) electrons. The Bertz CT molecular complexity index is 2430. The van der Waals surface area contributed by atoms with Crippen LogP contribution < -0.4 is 19.4 Å². The molecule has 10 heteroatoms. The van der Waals surface area contributed by atoms with Crippen molar-refractivity contribution in [1.82, 2.24) is 29.9 Å². The van der Waals surface area contributed by atoms with Crippen LogP contribution in [-0.4, -0.2) is 34.2 Å². The Labute approximate surface area is 353 Å². The number of hydrogen-bond acceptors (Lipinski definition) is 6. The quantitative estimate of drug-likeness (QED) is 0.161. The zero-order valence-electron chi connectivity index (χ0n) is 30.3. The molecular weight excluding hydrogens is 1060 g/mol. The monoisotopic (exact) mass is 1090 g/mol. The van der Waals surface area contributed by atoms with Gasteiger partial charge in [0.05, 0.1) is 14.2 Å². The summed E-state index contributed by atoms with van der Waals surface area (Å²) in [7, 11) is 3.22. The van der Waals surface area contributed by atoms with Gasteiger partial charge in [0, 0.05) is 12.4 Å². The minimum Gasteiger partial charge on any atom is -0.500 e. The summed E-state index contributed by atoms with van der Waals surface area (Å²) in [5.41, 5.74) is 7.47. The first-order valence-corrected chi connectivity index (χ1v) is 17.2. The van der Waals surface area contributed by atoms with Gasteiger partial charge in [-0.25, -0.2) is 0 Å². The fraction of sp³-hybridized carbons (Fsp3) is 0.0435. The van der Waals surface area contributed by atoms with Gasteiger partial charge in [-0.05, 0) is 79.5 Å². The maximum atomic E-state index is 5.07. The summed E-state index contributed by atoms with van der Waals surface area (Å²) in [6.45, 7) is 0. The van der Waals surface area contributed by atoms with Crippen LogP contribution in [0.3, 0.4) is 0 Å². The van der Waals surface area contributed by atoms with Gasteiger partial charge in [0.25, 0.3) is 0 Å². The zero-order chi connectivity index (χ0) is 37.0. The third-order valence-corrected chi connectivity index (χ3v) is 8.26. The molecule has 6 heterocycles. The number of nitrogens with zero attached hydrogens (tertiary/aromatic N) is 6. The number of hydrogen-bond donors (Lipinski definition) is 0. The minimum absolute atomic E-state index is 0. The van der Waals surface area contributed by atoms with Gasteiger partial charge in [0.1, 0.15) is 11.8 Å². The molecule has 0 aliphatic heterocycles. The van der Waals surface area contributed by atoms with E-state index in [1.54, 1.807) is 26.6 Å². The minimum atomic E-state index is 0. The number of fused-ring (bicyclic) bond motifs is 6. The van der Waals surface area contributed by atoms with Crippen LogP contribution in [0, 0.1) is 12.1 Å². The molecule has 0 bridgehead atoms. The van der Waals surface area contributed by atoms with E-state index in [0.717, 1.165) is 66.4 Å². The molecule has 0 fully saturated rings. The number of ether oxygens (including phenoxy) is 2. The van der Waals surface area contributed by atoms with Crippen LogP contribution in [0.15, 0.2) is 170 Å². The normalized spacial score (nSPS) is 10.0. The summed E-state index contributed by atoms with van der Waals surface area (Å²) >= 11 is 0. The van der Waals surface area contributed by atoms with E-state index in [9.17, 15) is 0 Å². The molecule has 0 saturated heterocycles. The molecular formula is C46H34N6O2Pt2. The van der Waals surface area contributed by atoms with E-state index < -0.39 is 0 Å². The van der Waals surface area contributed by atoms with Crippen molar-refractivity contribution in [3.63, 3.8) is 0 Å². The second-order valence-corrected chi connectivity index (χ2v) is 11.7. The molecule has 6 aromatic heterocycles. The van der Waals surface area contributed by atoms with Crippen molar-refractivity contribution in [2.24, 2.45) is 0 Å². The van der Waals surface area contributed by atoms with Crippen molar-refractivity contribution in [2.75, 3.05) is 14.2 Å². The Balaban J connectivity index is 0.000000142. The molecule has 0 N–H and O–H groups in total. The van der Waals surface area contributed by atoms with Gasteiger partial charge in [-0.15, -0.1) is 71.8 Å². The van der Waals surface area contributed by atoms with Crippen LogP contribution in [0.25, 0.3) is 66.4 Å². The van der Waals surface area contributed by atoms with Crippen LogP contribution in [-0.2, 0) is 42.1 Å². The molecule has 8 nitrogen and oxygen atoms in total. The largest absolute Gasteiger partial charge is 2.00 e. The predicted molar refractivity (Wildman–Crippen MR) is 215 cm³/mol. The van der Waals surface area contributed by atoms with Gasteiger partial charge in [-0.2, -0.15) is 0 Å². The second kappa shape index (κ2) is 20.7. The first-order valence-electron chi connectivity index (χ1n) is 17.2. The maximum absolute atomic E-state index is 5.07. The first kappa shape index (κ1) is 41.2. The molecule has 4 aromatic carbocycles. The molecule has 10 aromatic rings. The third kappa shape index (κ3) is 10.2. The number of benzene rings is 4. The number of methoxy groups -OCH3 is 2. The molecule has 0 aliphatic carbocycles. The van der Waals surface area contributed by atoms with E-state index in [0.29, 0.717) is 11.8 Å². The number of aromatic nitrogens is 6. The molecule has 0 atom stereocenters. The molecule has 0 saturated carbocycles. The van der Waals surface area contributed by atoms with E-state index in [-0.39, 0.29) is 42.1 Å². The van der Waals surface area contributed by atoms with Gasteiger partial charge >= 0.3 is 42.1 Å². The maximum Gasteiger partial charge on any atom is 2.00 e. The Morgan fingerprint density at radius 2 is 0.839 bits per heavy atom. The Hall–Kier alpha value is -5.94. The average Bonchev–Trinajstić information content (AvgIpc) is 3.83. The molecule has 56 heavy (non-hydrogen) atoms. The Morgan fingerprint density at radius 3 is 1.21 bits per heavy atom. The molecule has 280 valence electrons. The van der Waals surface area contributed by atoms with Crippen molar-refractivity contribution >= 4 is 43.9 Å². The van der Waals surface area contributed by atoms with Crippen LogP contribution in [0.4, 0.5) is 0 Å². The van der Waals surface area contributed by atoms with Gasteiger partial charge in [-0.3, -0.25) is 0 Å². The second-order valence-electron chi connectivity index (χ2n) is 11.7. The SMILES string of the molecule is COc1ccc2c(n1)[n-]c1ccccc12.COc1ccc2c(n1)[n-]c1ccccc12.[Pt+2].[Pt+2].[c-]1ccccc1-c1ccccn1.[c-]1ccccc1-c1ccccn1. The van der Waals surface area contributed by atoms with Crippen LogP contribution >= 0.6 is 0 Å². The van der Waals surface area contributed by atoms with E-state index >= 15 is 0 Å². The van der Waals surface area contributed by atoms with Crippen molar-refractivity contribution < 1.29 is 51.6 Å². The summed E-state index contributed by atoms with van der Waals surface area (Å²) in [6, 6.07) is 57.4. The summed E-state index contributed by atoms with van der Waals surface area (Å²) in [5, 5.41) is 4.43. The molecule has 0 amide bonds. The van der Waals surface area contributed by atoms with E-state index in [2.05, 4.69) is 54.2 Å². The third-order valence-electron chi connectivity index (χ3n) is 8.26. The van der Waals surface area contributed by atoms with Crippen molar-refractivity contribution in [3.05, 3.63) is 182 Å². The first-order chi connectivity index (χ1) is 26.7. The van der Waals surface area contributed by atoms with Crippen molar-refractivity contribution in [1.29, 1.82) is 0 Å². The standard InChI is InChI=1S/2C12H9N2O.2C11H8N.2Pt/c2*1-15-11-7-6-9-8-4-2-3-5-10(8)13-12(9)14-11;2*1-2-6-10(7-3-1)11-8-4-5-9-12-11;;/h2*2-7H,1H3;2*1-6,8-9H;;/q4*-1;2*+2. The van der Waals surface area contributed by atoms with E-state index in [1.807, 2.05) is 146 Å². The summed E-state index contributed by atoms with van der Waals surface area (Å²) < 4.78 is 10.1.